The van der Waals surface area contributed by atoms with Gasteiger partial charge in [-0.1, -0.05) is 199 Å². The van der Waals surface area contributed by atoms with Crippen molar-refractivity contribution in [3.8, 4) is 0 Å². The average Bonchev–Trinajstić information content (AvgIpc) is 3.11. The predicted molar refractivity (Wildman–Crippen MR) is 213 cm³/mol. The van der Waals surface area contributed by atoms with Gasteiger partial charge in [0.1, 0.15) is 0 Å². The fourth-order valence-electron chi connectivity index (χ4n) is 6.63. The van der Waals surface area contributed by atoms with Gasteiger partial charge in [0.2, 0.25) is 5.91 Å². The fraction of sp³-hybridized carbons (Fsp3) is 0.909. The maximum Gasteiger partial charge on any atom is 0.305 e. The topological polar surface area (TPSA) is 95.9 Å². The molecule has 2 atom stereocenters. The lowest BCUT2D eigenvalue weighted by Crippen LogP contribution is -2.45. The van der Waals surface area contributed by atoms with Crippen LogP contribution < -0.4 is 5.32 Å². The molecule has 296 valence electrons. The normalized spacial score (nSPS) is 12.8. The first kappa shape index (κ1) is 48.6. The fourth-order valence-corrected chi connectivity index (χ4v) is 6.63. The number of unbranched alkanes of at least 4 members (excludes halogenated alkanes) is 29. The molecule has 0 saturated heterocycles. The summed E-state index contributed by atoms with van der Waals surface area (Å²) in [6.07, 6.45) is 43.3. The van der Waals surface area contributed by atoms with Gasteiger partial charge >= 0.3 is 5.97 Å². The monoisotopic (exact) mass is 708 g/mol. The lowest BCUT2D eigenvalue weighted by molar-refractivity contribution is -0.143. The summed E-state index contributed by atoms with van der Waals surface area (Å²) in [4.78, 5) is 24.3. The molecule has 0 radical (unpaired) electrons. The Hall–Kier alpha value is -1.40. The van der Waals surface area contributed by atoms with Crippen molar-refractivity contribution in [2.24, 2.45) is 0 Å². The number of carbonyl (C=O) groups excluding carboxylic acids is 2. The van der Waals surface area contributed by atoms with E-state index in [2.05, 4.69) is 19.2 Å². The SMILES string of the molecule is CCCCCCCCCCCCC/C=C/C(O)C(CO)NC(=O)CCCCCCCCCCCOC(=O)CCCCCCCCCCCCC. The summed E-state index contributed by atoms with van der Waals surface area (Å²) in [5.74, 6) is -0.124. The highest BCUT2D eigenvalue weighted by molar-refractivity contribution is 5.76. The van der Waals surface area contributed by atoms with Gasteiger partial charge < -0.3 is 20.3 Å². The number of aliphatic hydroxyl groups is 2. The third-order valence-corrected chi connectivity index (χ3v) is 10.1. The number of esters is 1. The number of rotatable bonds is 40. The summed E-state index contributed by atoms with van der Waals surface area (Å²) >= 11 is 0. The maximum absolute atomic E-state index is 12.4. The minimum Gasteiger partial charge on any atom is -0.466 e. The number of hydrogen-bond donors (Lipinski definition) is 3. The number of ether oxygens (including phenoxy) is 1. The van der Waals surface area contributed by atoms with Crippen molar-refractivity contribution in [3.05, 3.63) is 12.2 Å². The first-order valence-electron chi connectivity index (χ1n) is 22.0. The van der Waals surface area contributed by atoms with Crippen LogP contribution in [0.1, 0.15) is 232 Å². The summed E-state index contributed by atoms with van der Waals surface area (Å²) in [5.41, 5.74) is 0. The molecule has 3 N–H and O–H groups in total. The molecule has 0 fully saturated rings. The minimum atomic E-state index is -0.858. The Kier molecular flexibility index (Phi) is 39.2. The molecule has 6 nitrogen and oxygen atoms in total. The zero-order valence-electron chi connectivity index (χ0n) is 33.4. The average molecular weight is 708 g/mol. The third-order valence-electron chi connectivity index (χ3n) is 10.1. The zero-order chi connectivity index (χ0) is 36.6. The van der Waals surface area contributed by atoms with Crippen LogP contribution in [-0.4, -0.2) is 47.4 Å². The molecule has 2 unspecified atom stereocenters. The van der Waals surface area contributed by atoms with E-state index in [0.717, 1.165) is 57.8 Å². The van der Waals surface area contributed by atoms with Gasteiger partial charge in [-0.2, -0.15) is 0 Å². The lowest BCUT2D eigenvalue weighted by Gasteiger charge is -2.20. The number of hydrogen-bond acceptors (Lipinski definition) is 5. The van der Waals surface area contributed by atoms with Crippen LogP contribution in [-0.2, 0) is 14.3 Å². The van der Waals surface area contributed by atoms with Gasteiger partial charge in [0.05, 0.1) is 25.4 Å². The van der Waals surface area contributed by atoms with Gasteiger partial charge in [-0.15, -0.1) is 0 Å². The Balaban J connectivity index is 3.55. The standard InChI is InChI=1S/C44H85NO5/c1-3-5-7-9-11-13-15-16-18-20-24-28-32-36-42(47)41(40-46)45-43(48)37-33-29-25-21-19-23-27-31-35-39-50-44(49)38-34-30-26-22-17-14-12-10-8-6-4-2/h32,36,41-42,46-47H,3-31,33-35,37-40H2,1-2H3,(H,45,48)/b36-32+. The quantitative estimate of drug-likeness (QED) is 0.0335. The van der Waals surface area contributed by atoms with E-state index in [0.29, 0.717) is 19.4 Å². The molecule has 0 aromatic heterocycles. The highest BCUT2D eigenvalue weighted by Crippen LogP contribution is 2.15. The van der Waals surface area contributed by atoms with Gasteiger partial charge in [0, 0.05) is 12.8 Å². The van der Waals surface area contributed by atoms with Crippen molar-refractivity contribution in [1.29, 1.82) is 0 Å². The van der Waals surface area contributed by atoms with Gasteiger partial charge in [0.25, 0.3) is 0 Å². The van der Waals surface area contributed by atoms with Crippen molar-refractivity contribution >= 4 is 11.9 Å². The molecule has 6 heteroatoms. The van der Waals surface area contributed by atoms with Gasteiger partial charge in [-0.05, 0) is 32.1 Å². The number of carbonyl (C=O) groups is 2. The van der Waals surface area contributed by atoms with Crippen LogP contribution in [0.4, 0.5) is 0 Å². The van der Waals surface area contributed by atoms with Crippen LogP contribution in [0.5, 0.6) is 0 Å². The van der Waals surface area contributed by atoms with Crippen LogP contribution in [0.15, 0.2) is 12.2 Å². The summed E-state index contributed by atoms with van der Waals surface area (Å²) in [5, 5.41) is 22.9. The van der Waals surface area contributed by atoms with Crippen molar-refractivity contribution in [1.82, 2.24) is 5.32 Å². The molecule has 0 heterocycles. The summed E-state index contributed by atoms with van der Waals surface area (Å²) < 4.78 is 5.42. The van der Waals surface area contributed by atoms with E-state index in [1.807, 2.05) is 6.08 Å². The van der Waals surface area contributed by atoms with Gasteiger partial charge in [-0.3, -0.25) is 9.59 Å². The molecule has 0 aromatic carbocycles. The highest BCUT2D eigenvalue weighted by atomic mass is 16.5. The van der Waals surface area contributed by atoms with Crippen LogP contribution >= 0.6 is 0 Å². The summed E-state index contributed by atoms with van der Waals surface area (Å²) in [6.45, 7) is 4.82. The first-order valence-corrected chi connectivity index (χ1v) is 22.0. The molecule has 0 spiro atoms. The van der Waals surface area contributed by atoms with E-state index < -0.39 is 12.1 Å². The van der Waals surface area contributed by atoms with Gasteiger partial charge in [-0.25, -0.2) is 0 Å². The number of amides is 1. The second-order valence-electron chi connectivity index (χ2n) is 15.0. The number of allylic oxidation sites excluding steroid dienone is 1. The molecule has 0 rings (SSSR count). The molecule has 0 aliphatic heterocycles. The molecular weight excluding hydrogens is 622 g/mol. The smallest absolute Gasteiger partial charge is 0.305 e. The predicted octanol–water partition coefficient (Wildman–Crippen LogP) is 12.2. The van der Waals surface area contributed by atoms with Crippen LogP contribution in [0.3, 0.4) is 0 Å². The van der Waals surface area contributed by atoms with Crippen LogP contribution in [0.2, 0.25) is 0 Å². The molecule has 50 heavy (non-hydrogen) atoms. The van der Waals surface area contributed by atoms with E-state index in [-0.39, 0.29) is 18.5 Å². The number of aliphatic hydroxyl groups excluding tert-OH is 2. The third kappa shape index (κ3) is 36.4. The maximum atomic E-state index is 12.4. The Morgan fingerprint density at radius 2 is 0.920 bits per heavy atom. The minimum absolute atomic E-state index is 0.0282. The second kappa shape index (κ2) is 40.4. The Morgan fingerprint density at radius 3 is 1.36 bits per heavy atom. The molecule has 1 amide bonds. The van der Waals surface area contributed by atoms with Crippen LogP contribution in [0, 0.1) is 0 Å². The van der Waals surface area contributed by atoms with Crippen molar-refractivity contribution in [2.75, 3.05) is 13.2 Å². The van der Waals surface area contributed by atoms with E-state index >= 15 is 0 Å². The van der Waals surface area contributed by atoms with E-state index in [9.17, 15) is 19.8 Å². The van der Waals surface area contributed by atoms with E-state index in [4.69, 9.17) is 4.74 Å². The van der Waals surface area contributed by atoms with E-state index in [1.54, 1.807) is 6.08 Å². The molecular formula is C44H85NO5. The van der Waals surface area contributed by atoms with Crippen LogP contribution in [0.25, 0.3) is 0 Å². The molecule has 0 aromatic rings. The molecule has 0 bridgehead atoms. The zero-order valence-corrected chi connectivity index (χ0v) is 33.4. The molecule has 0 saturated carbocycles. The first-order chi connectivity index (χ1) is 24.5. The number of nitrogens with one attached hydrogen (secondary N) is 1. The molecule has 0 aliphatic carbocycles. The summed E-state index contributed by atoms with van der Waals surface area (Å²) in [6, 6.07) is -0.644. The molecule has 0 aliphatic rings. The van der Waals surface area contributed by atoms with E-state index in [1.165, 1.54) is 148 Å². The van der Waals surface area contributed by atoms with Crippen molar-refractivity contribution in [2.45, 2.75) is 244 Å². The Labute approximate surface area is 310 Å². The van der Waals surface area contributed by atoms with Crippen molar-refractivity contribution in [3.63, 3.8) is 0 Å². The van der Waals surface area contributed by atoms with Gasteiger partial charge in [0.15, 0.2) is 0 Å². The summed E-state index contributed by atoms with van der Waals surface area (Å²) in [7, 11) is 0. The highest BCUT2D eigenvalue weighted by Gasteiger charge is 2.18. The van der Waals surface area contributed by atoms with Crippen molar-refractivity contribution < 1.29 is 24.5 Å². The Bertz CT molecular complexity index is 742. The Morgan fingerprint density at radius 1 is 0.540 bits per heavy atom. The largest absolute Gasteiger partial charge is 0.466 e. The lowest BCUT2D eigenvalue weighted by atomic mass is 10.0. The second-order valence-corrected chi connectivity index (χ2v) is 15.0.